The van der Waals surface area contributed by atoms with Crippen molar-refractivity contribution in [1.29, 1.82) is 0 Å². The van der Waals surface area contributed by atoms with Crippen molar-refractivity contribution in [2.45, 2.75) is 52.1 Å². The number of H-pyrrole nitrogens is 1. The number of aromatic nitrogens is 4. The third kappa shape index (κ3) is 3.56. The number of furan rings is 1. The number of aromatic amines is 1. The average molecular weight is 384 g/mol. The predicted octanol–water partition coefficient (Wildman–Crippen LogP) is 3.03. The van der Waals surface area contributed by atoms with E-state index in [4.69, 9.17) is 4.42 Å². The van der Waals surface area contributed by atoms with E-state index in [1.165, 1.54) is 12.8 Å². The molecule has 1 fully saturated rings. The average Bonchev–Trinajstić information content (AvgIpc) is 3.35. The number of fused-ring (bicyclic) bond motifs is 1. The topological polar surface area (TPSA) is 92.0 Å². The van der Waals surface area contributed by atoms with Gasteiger partial charge in [0.05, 0.1) is 17.8 Å². The second-order valence-corrected chi connectivity index (χ2v) is 8.47. The Balaban J connectivity index is 1.62. The lowest BCUT2D eigenvalue weighted by Crippen LogP contribution is -2.31. The molecule has 4 heterocycles. The van der Waals surface area contributed by atoms with Gasteiger partial charge in [0, 0.05) is 6.54 Å². The molecule has 0 saturated carbocycles. The maximum Gasteiger partial charge on any atom is 0.263 e. The standard InChI is InChI=1S/C20H28N6O2/c1-13-7-8-16(28-13)15(25-9-5-6-10-25)12-21-19-23-17-14(18(27)24-19)11-22-26(17)20(2,3)4/h7-8,11,15H,5-6,9-10,12H2,1-4H3,(H2,21,23,24,27). The van der Waals surface area contributed by atoms with E-state index in [1.54, 1.807) is 10.9 Å². The first-order chi connectivity index (χ1) is 13.3. The first-order valence-corrected chi connectivity index (χ1v) is 9.86. The van der Waals surface area contributed by atoms with Crippen LogP contribution in [0.5, 0.6) is 0 Å². The zero-order chi connectivity index (χ0) is 19.9. The minimum atomic E-state index is -0.260. The summed E-state index contributed by atoms with van der Waals surface area (Å²) in [7, 11) is 0. The van der Waals surface area contributed by atoms with E-state index in [1.807, 2.05) is 39.8 Å². The van der Waals surface area contributed by atoms with Crippen molar-refractivity contribution in [3.8, 4) is 0 Å². The molecule has 2 N–H and O–H groups in total. The molecule has 8 nitrogen and oxygen atoms in total. The summed E-state index contributed by atoms with van der Waals surface area (Å²) in [5.74, 6) is 2.30. The fourth-order valence-corrected chi connectivity index (χ4v) is 3.78. The SMILES string of the molecule is Cc1ccc(C(CNc2nc3c(cnn3C(C)(C)C)c(=O)[nH]2)N2CCCC2)o1. The molecule has 4 rings (SSSR count). The van der Waals surface area contributed by atoms with Crippen LogP contribution in [0.1, 0.15) is 51.2 Å². The van der Waals surface area contributed by atoms with E-state index in [2.05, 4.69) is 25.3 Å². The largest absolute Gasteiger partial charge is 0.465 e. The molecule has 150 valence electrons. The zero-order valence-electron chi connectivity index (χ0n) is 17.0. The Morgan fingerprint density at radius 1 is 1.29 bits per heavy atom. The van der Waals surface area contributed by atoms with E-state index in [0.717, 1.165) is 24.6 Å². The molecule has 1 aliphatic rings. The Bertz CT molecular complexity index is 1020. The number of likely N-dealkylation sites (tertiary alicyclic amines) is 1. The number of hydrogen-bond donors (Lipinski definition) is 2. The number of aryl methyl sites for hydroxylation is 1. The summed E-state index contributed by atoms with van der Waals surface area (Å²) >= 11 is 0. The fourth-order valence-electron chi connectivity index (χ4n) is 3.78. The molecule has 0 spiro atoms. The molecule has 1 saturated heterocycles. The third-order valence-corrected chi connectivity index (χ3v) is 5.21. The molecule has 1 unspecified atom stereocenters. The van der Waals surface area contributed by atoms with Crippen LogP contribution in [-0.2, 0) is 5.54 Å². The summed E-state index contributed by atoms with van der Waals surface area (Å²) in [5, 5.41) is 8.18. The summed E-state index contributed by atoms with van der Waals surface area (Å²) < 4.78 is 7.69. The van der Waals surface area contributed by atoms with Gasteiger partial charge in [-0.25, -0.2) is 4.68 Å². The summed E-state index contributed by atoms with van der Waals surface area (Å²) in [6, 6.07) is 4.13. The van der Waals surface area contributed by atoms with Crippen molar-refractivity contribution in [3.63, 3.8) is 0 Å². The lowest BCUT2D eigenvalue weighted by Gasteiger charge is -2.26. The molecular formula is C20H28N6O2. The molecular weight excluding hydrogens is 356 g/mol. The highest BCUT2D eigenvalue weighted by molar-refractivity contribution is 5.74. The van der Waals surface area contributed by atoms with E-state index in [9.17, 15) is 4.79 Å². The molecule has 0 radical (unpaired) electrons. The number of anilines is 1. The van der Waals surface area contributed by atoms with Gasteiger partial charge in [-0.1, -0.05) is 0 Å². The lowest BCUT2D eigenvalue weighted by molar-refractivity contribution is 0.223. The van der Waals surface area contributed by atoms with Crippen molar-refractivity contribution in [2.75, 3.05) is 25.0 Å². The van der Waals surface area contributed by atoms with Crippen LogP contribution in [0.3, 0.4) is 0 Å². The second kappa shape index (κ2) is 7.09. The van der Waals surface area contributed by atoms with Gasteiger partial charge in [-0.15, -0.1) is 0 Å². The maximum atomic E-state index is 12.5. The summed E-state index contributed by atoms with van der Waals surface area (Å²) in [6.45, 7) is 10.8. The van der Waals surface area contributed by atoms with Crippen LogP contribution >= 0.6 is 0 Å². The summed E-state index contributed by atoms with van der Waals surface area (Å²) in [6.07, 6.45) is 3.97. The predicted molar refractivity (Wildman–Crippen MR) is 109 cm³/mol. The first-order valence-electron chi connectivity index (χ1n) is 9.86. The van der Waals surface area contributed by atoms with E-state index < -0.39 is 0 Å². The molecule has 0 bridgehead atoms. The molecule has 0 amide bonds. The zero-order valence-corrected chi connectivity index (χ0v) is 17.0. The highest BCUT2D eigenvalue weighted by Gasteiger charge is 2.26. The highest BCUT2D eigenvalue weighted by Crippen LogP contribution is 2.27. The Morgan fingerprint density at radius 3 is 2.68 bits per heavy atom. The number of nitrogens with zero attached hydrogens (tertiary/aromatic N) is 4. The highest BCUT2D eigenvalue weighted by atomic mass is 16.3. The minimum absolute atomic E-state index is 0.102. The van der Waals surface area contributed by atoms with Crippen molar-refractivity contribution < 1.29 is 4.42 Å². The normalized spacial score (nSPS) is 16.7. The Morgan fingerprint density at radius 2 is 2.04 bits per heavy atom. The quantitative estimate of drug-likeness (QED) is 0.702. The van der Waals surface area contributed by atoms with Crippen LogP contribution in [0.4, 0.5) is 5.95 Å². The molecule has 3 aromatic rings. The molecule has 0 aliphatic carbocycles. The van der Waals surface area contributed by atoms with Crippen LogP contribution in [0, 0.1) is 6.92 Å². The van der Waals surface area contributed by atoms with Crippen molar-refractivity contribution in [2.24, 2.45) is 0 Å². The fraction of sp³-hybridized carbons (Fsp3) is 0.550. The van der Waals surface area contributed by atoms with Gasteiger partial charge >= 0.3 is 0 Å². The van der Waals surface area contributed by atoms with Crippen LogP contribution in [-0.4, -0.2) is 44.3 Å². The Hall–Kier alpha value is -2.61. The van der Waals surface area contributed by atoms with Crippen LogP contribution in [0.15, 0.2) is 27.5 Å². The van der Waals surface area contributed by atoms with Gasteiger partial charge in [0.25, 0.3) is 5.56 Å². The Labute approximate surface area is 163 Å². The van der Waals surface area contributed by atoms with Gasteiger partial charge in [0.1, 0.15) is 16.9 Å². The summed E-state index contributed by atoms with van der Waals surface area (Å²) in [4.78, 5) is 22.4. The van der Waals surface area contributed by atoms with Gasteiger partial charge < -0.3 is 9.73 Å². The van der Waals surface area contributed by atoms with Crippen molar-refractivity contribution in [1.82, 2.24) is 24.6 Å². The van der Waals surface area contributed by atoms with E-state index in [0.29, 0.717) is 23.5 Å². The van der Waals surface area contributed by atoms with Gasteiger partial charge in [-0.3, -0.25) is 14.7 Å². The van der Waals surface area contributed by atoms with Crippen LogP contribution in [0.2, 0.25) is 0 Å². The van der Waals surface area contributed by atoms with Gasteiger partial charge in [-0.2, -0.15) is 10.1 Å². The number of rotatable bonds is 5. The van der Waals surface area contributed by atoms with Crippen molar-refractivity contribution >= 4 is 17.0 Å². The lowest BCUT2D eigenvalue weighted by atomic mass is 10.1. The second-order valence-electron chi connectivity index (χ2n) is 8.47. The van der Waals surface area contributed by atoms with E-state index >= 15 is 0 Å². The van der Waals surface area contributed by atoms with Gasteiger partial charge in [0.2, 0.25) is 5.95 Å². The maximum absolute atomic E-state index is 12.5. The molecule has 8 heteroatoms. The molecule has 1 aliphatic heterocycles. The first kappa shape index (κ1) is 18.7. The molecule has 1 atom stereocenters. The monoisotopic (exact) mass is 384 g/mol. The molecule has 28 heavy (non-hydrogen) atoms. The van der Waals surface area contributed by atoms with Gasteiger partial charge in [-0.05, 0) is 65.8 Å². The molecule has 3 aromatic heterocycles. The Kier molecular flexibility index (Phi) is 4.74. The number of nitrogens with one attached hydrogen (secondary N) is 2. The third-order valence-electron chi connectivity index (χ3n) is 5.21. The van der Waals surface area contributed by atoms with Crippen molar-refractivity contribution in [3.05, 3.63) is 40.2 Å². The van der Waals surface area contributed by atoms with Gasteiger partial charge in [0.15, 0.2) is 5.65 Å². The minimum Gasteiger partial charge on any atom is -0.465 e. The smallest absolute Gasteiger partial charge is 0.263 e. The molecule has 0 aromatic carbocycles. The van der Waals surface area contributed by atoms with E-state index in [-0.39, 0.29) is 17.1 Å². The van der Waals surface area contributed by atoms with Crippen LogP contribution in [0.25, 0.3) is 11.0 Å². The van der Waals surface area contributed by atoms with Crippen LogP contribution < -0.4 is 10.9 Å². The summed E-state index contributed by atoms with van der Waals surface area (Å²) in [5.41, 5.74) is 0.142. The number of hydrogen-bond acceptors (Lipinski definition) is 6.